The molecule has 0 spiro atoms. The van der Waals surface area contributed by atoms with Gasteiger partial charge < -0.3 is 10.6 Å². The maximum Gasteiger partial charge on any atom is 0.211 e. The Morgan fingerprint density at radius 2 is 1.82 bits per heavy atom. The molecule has 1 aromatic carbocycles. The molecule has 0 heterocycles. The van der Waals surface area contributed by atoms with E-state index in [4.69, 9.17) is 0 Å². The van der Waals surface area contributed by atoms with E-state index >= 15 is 0 Å². The van der Waals surface area contributed by atoms with Crippen molar-refractivity contribution in [2.45, 2.75) is 20.4 Å². The zero-order valence-corrected chi connectivity index (χ0v) is 13.7. The Kier molecular flexibility index (Phi) is 7.83. The standard InChI is InChI=1S/C14H23FN4O2S/c1-3-16-14(17-9-10-19-22(20,21)4-2)18-11-12-5-7-13(15)8-6-12/h5-8,19H,3-4,9-11H2,1-2H3,(H2,16,17,18). The first kappa shape index (κ1) is 18.4. The van der Waals surface area contributed by atoms with E-state index in [1.54, 1.807) is 19.1 Å². The van der Waals surface area contributed by atoms with E-state index in [1.807, 2.05) is 6.92 Å². The van der Waals surface area contributed by atoms with Crippen molar-refractivity contribution in [1.29, 1.82) is 0 Å². The van der Waals surface area contributed by atoms with Crippen LogP contribution in [0.2, 0.25) is 0 Å². The normalized spacial score (nSPS) is 12.2. The van der Waals surface area contributed by atoms with E-state index in [0.29, 0.717) is 25.6 Å². The van der Waals surface area contributed by atoms with Gasteiger partial charge in [-0.1, -0.05) is 12.1 Å². The van der Waals surface area contributed by atoms with Crippen LogP contribution in [0.3, 0.4) is 0 Å². The van der Waals surface area contributed by atoms with E-state index < -0.39 is 10.0 Å². The van der Waals surface area contributed by atoms with E-state index in [2.05, 4.69) is 20.3 Å². The average Bonchev–Trinajstić information content (AvgIpc) is 2.50. The maximum absolute atomic E-state index is 12.8. The summed E-state index contributed by atoms with van der Waals surface area (Å²) in [6, 6.07) is 6.14. The number of sulfonamides is 1. The molecule has 22 heavy (non-hydrogen) atoms. The van der Waals surface area contributed by atoms with Gasteiger partial charge in [0.05, 0.1) is 12.3 Å². The highest BCUT2D eigenvalue weighted by Crippen LogP contribution is 2.03. The van der Waals surface area contributed by atoms with Gasteiger partial charge in [-0.3, -0.25) is 0 Å². The molecule has 0 unspecified atom stereocenters. The lowest BCUT2D eigenvalue weighted by molar-refractivity contribution is 0.582. The number of nitrogens with zero attached hydrogens (tertiary/aromatic N) is 1. The van der Waals surface area contributed by atoms with Gasteiger partial charge in [0.25, 0.3) is 0 Å². The fraction of sp³-hybridized carbons (Fsp3) is 0.500. The van der Waals surface area contributed by atoms with Crippen LogP contribution in [0.5, 0.6) is 0 Å². The first-order chi connectivity index (χ1) is 10.5. The summed E-state index contributed by atoms with van der Waals surface area (Å²) >= 11 is 0. The van der Waals surface area contributed by atoms with Gasteiger partial charge in [-0.05, 0) is 31.5 Å². The third-order valence-electron chi connectivity index (χ3n) is 2.80. The molecule has 8 heteroatoms. The molecular weight excluding hydrogens is 307 g/mol. The molecule has 0 aromatic heterocycles. The Bertz CT molecular complexity index is 573. The van der Waals surface area contributed by atoms with Crippen molar-refractivity contribution in [2.75, 3.05) is 25.4 Å². The van der Waals surface area contributed by atoms with Crippen molar-refractivity contribution in [2.24, 2.45) is 4.99 Å². The third kappa shape index (κ3) is 7.37. The molecule has 0 saturated heterocycles. The van der Waals surface area contributed by atoms with E-state index in [0.717, 1.165) is 5.56 Å². The molecule has 0 amide bonds. The first-order valence-electron chi connectivity index (χ1n) is 7.20. The van der Waals surface area contributed by atoms with Gasteiger partial charge in [0.2, 0.25) is 10.0 Å². The van der Waals surface area contributed by atoms with Gasteiger partial charge in [-0.2, -0.15) is 0 Å². The third-order valence-corrected chi connectivity index (χ3v) is 4.20. The summed E-state index contributed by atoms with van der Waals surface area (Å²) in [5.74, 6) is 0.370. The Hall–Kier alpha value is -1.67. The number of aliphatic imine (C=N–C) groups is 1. The number of hydrogen-bond donors (Lipinski definition) is 3. The van der Waals surface area contributed by atoms with Gasteiger partial charge in [0.1, 0.15) is 5.82 Å². The smallest absolute Gasteiger partial charge is 0.211 e. The summed E-state index contributed by atoms with van der Waals surface area (Å²) in [5, 5.41) is 6.10. The highest BCUT2D eigenvalue weighted by molar-refractivity contribution is 7.89. The van der Waals surface area contributed by atoms with Crippen LogP contribution in [0, 0.1) is 5.82 Å². The van der Waals surface area contributed by atoms with E-state index in [-0.39, 0.29) is 18.1 Å². The van der Waals surface area contributed by atoms with E-state index in [1.165, 1.54) is 12.1 Å². The molecule has 0 aliphatic carbocycles. The molecule has 0 atom stereocenters. The second-order valence-corrected chi connectivity index (χ2v) is 6.64. The van der Waals surface area contributed by atoms with Gasteiger partial charge in [-0.25, -0.2) is 22.5 Å². The number of rotatable bonds is 8. The maximum atomic E-state index is 12.8. The zero-order valence-electron chi connectivity index (χ0n) is 12.9. The van der Waals surface area contributed by atoms with Crippen molar-refractivity contribution in [3.05, 3.63) is 35.6 Å². The molecule has 0 saturated carbocycles. The van der Waals surface area contributed by atoms with Crippen LogP contribution < -0.4 is 15.4 Å². The molecule has 0 radical (unpaired) electrons. The molecule has 0 bridgehead atoms. The van der Waals surface area contributed by atoms with Gasteiger partial charge in [0, 0.05) is 19.6 Å². The summed E-state index contributed by atoms with van der Waals surface area (Å²) in [4.78, 5) is 4.36. The molecule has 0 aliphatic heterocycles. The molecule has 0 aliphatic rings. The van der Waals surface area contributed by atoms with Crippen LogP contribution in [0.1, 0.15) is 19.4 Å². The Morgan fingerprint density at radius 3 is 2.41 bits per heavy atom. The number of guanidine groups is 1. The predicted molar refractivity (Wildman–Crippen MR) is 86.7 cm³/mol. The van der Waals surface area contributed by atoms with Crippen LogP contribution in [-0.4, -0.2) is 39.8 Å². The summed E-state index contributed by atoms with van der Waals surface area (Å²) < 4.78 is 37.9. The van der Waals surface area contributed by atoms with Crippen molar-refractivity contribution < 1.29 is 12.8 Å². The molecule has 3 N–H and O–H groups in total. The lowest BCUT2D eigenvalue weighted by atomic mass is 10.2. The second-order valence-electron chi connectivity index (χ2n) is 4.55. The first-order valence-corrected chi connectivity index (χ1v) is 8.86. The minimum Gasteiger partial charge on any atom is -0.357 e. The Balaban J connectivity index is 2.47. The van der Waals surface area contributed by atoms with Crippen LogP contribution in [-0.2, 0) is 16.6 Å². The van der Waals surface area contributed by atoms with Crippen molar-refractivity contribution >= 4 is 16.0 Å². The van der Waals surface area contributed by atoms with Crippen LogP contribution >= 0.6 is 0 Å². The van der Waals surface area contributed by atoms with Crippen molar-refractivity contribution in [1.82, 2.24) is 15.4 Å². The molecule has 1 rings (SSSR count). The monoisotopic (exact) mass is 330 g/mol. The van der Waals surface area contributed by atoms with Crippen LogP contribution in [0.4, 0.5) is 4.39 Å². The van der Waals surface area contributed by atoms with Gasteiger partial charge in [-0.15, -0.1) is 0 Å². The van der Waals surface area contributed by atoms with Gasteiger partial charge >= 0.3 is 0 Å². The Morgan fingerprint density at radius 1 is 1.14 bits per heavy atom. The fourth-order valence-electron chi connectivity index (χ4n) is 1.59. The SMILES string of the molecule is CCNC(=NCc1ccc(F)cc1)NCCNS(=O)(=O)CC. The zero-order chi connectivity index (χ0) is 16.4. The second kappa shape index (κ2) is 9.37. The van der Waals surface area contributed by atoms with Crippen LogP contribution in [0.25, 0.3) is 0 Å². The highest BCUT2D eigenvalue weighted by Gasteiger charge is 2.05. The van der Waals surface area contributed by atoms with E-state index in [9.17, 15) is 12.8 Å². The molecule has 124 valence electrons. The summed E-state index contributed by atoms with van der Waals surface area (Å²) in [6.07, 6.45) is 0. The van der Waals surface area contributed by atoms with Crippen molar-refractivity contribution in [3.8, 4) is 0 Å². The average molecular weight is 330 g/mol. The molecule has 1 aromatic rings. The highest BCUT2D eigenvalue weighted by atomic mass is 32.2. The topological polar surface area (TPSA) is 82.6 Å². The summed E-state index contributed by atoms with van der Waals surface area (Å²) in [5.41, 5.74) is 0.894. The number of benzene rings is 1. The van der Waals surface area contributed by atoms with Gasteiger partial charge in [0.15, 0.2) is 5.96 Å². The quantitative estimate of drug-likeness (QED) is 0.374. The summed E-state index contributed by atoms with van der Waals surface area (Å²) in [7, 11) is -3.17. The lowest BCUT2D eigenvalue weighted by Crippen LogP contribution is -2.41. The minimum atomic E-state index is -3.17. The Labute approximate surface area is 131 Å². The molecule has 0 fully saturated rings. The lowest BCUT2D eigenvalue weighted by Gasteiger charge is -2.11. The largest absolute Gasteiger partial charge is 0.357 e. The number of hydrogen-bond acceptors (Lipinski definition) is 3. The predicted octanol–water partition coefficient (Wildman–Crippen LogP) is 0.820. The number of halogens is 1. The summed E-state index contributed by atoms with van der Waals surface area (Å²) in [6.45, 7) is 5.34. The molecule has 6 nitrogen and oxygen atoms in total. The van der Waals surface area contributed by atoms with Crippen LogP contribution in [0.15, 0.2) is 29.3 Å². The van der Waals surface area contributed by atoms with Crippen molar-refractivity contribution in [3.63, 3.8) is 0 Å². The number of nitrogens with one attached hydrogen (secondary N) is 3. The fourth-order valence-corrected chi connectivity index (χ4v) is 2.21. The molecular formula is C14H23FN4O2S. The minimum absolute atomic E-state index is 0.0612.